The van der Waals surface area contributed by atoms with Crippen LogP contribution in [-0.2, 0) is 16.4 Å². The molecule has 0 fully saturated rings. The normalized spacial score (nSPS) is 12.0. The van der Waals surface area contributed by atoms with Crippen molar-refractivity contribution in [3.63, 3.8) is 0 Å². The van der Waals surface area contributed by atoms with Gasteiger partial charge in [-0.1, -0.05) is 19.1 Å². The molecule has 0 unspecified atom stereocenters. The summed E-state index contributed by atoms with van der Waals surface area (Å²) < 4.78 is 26.9. The van der Waals surface area contributed by atoms with Gasteiger partial charge in [0.15, 0.2) is 0 Å². The molecular formula is C17H18N2O2S. The molecule has 0 N–H and O–H groups in total. The van der Waals surface area contributed by atoms with Gasteiger partial charge in [0.1, 0.15) is 6.33 Å². The van der Waals surface area contributed by atoms with Gasteiger partial charge in [0, 0.05) is 0 Å². The van der Waals surface area contributed by atoms with Crippen LogP contribution in [0.1, 0.15) is 23.6 Å². The summed E-state index contributed by atoms with van der Waals surface area (Å²) in [6.45, 7) is 6.00. The SMILES string of the molecule is CCc1ccc(S(=O)(=O)n2cnc3cc(C)c(C)cc32)cc1. The van der Waals surface area contributed by atoms with Gasteiger partial charge in [0.25, 0.3) is 10.0 Å². The van der Waals surface area contributed by atoms with E-state index in [2.05, 4.69) is 4.98 Å². The Hall–Kier alpha value is -2.14. The average Bonchev–Trinajstić information content (AvgIpc) is 2.91. The predicted octanol–water partition coefficient (Wildman–Crippen LogP) is 3.45. The number of benzene rings is 2. The van der Waals surface area contributed by atoms with E-state index in [9.17, 15) is 8.42 Å². The van der Waals surface area contributed by atoms with Crippen LogP contribution < -0.4 is 0 Å². The van der Waals surface area contributed by atoms with E-state index in [4.69, 9.17) is 0 Å². The Morgan fingerprint density at radius 2 is 1.68 bits per heavy atom. The summed E-state index contributed by atoms with van der Waals surface area (Å²) in [6.07, 6.45) is 2.26. The van der Waals surface area contributed by atoms with E-state index >= 15 is 0 Å². The maximum absolute atomic E-state index is 12.8. The number of aromatic nitrogens is 2. The van der Waals surface area contributed by atoms with Crippen LogP contribution >= 0.6 is 0 Å². The lowest BCUT2D eigenvalue weighted by Gasteiger charge is -2.08. The molecule has 0 atom stereocenters. The summed E-state index contributed by atoms with van der Waals surface area (Å²) in [5.41, 5.74) is 4.56. The van der Waals surface area contributed by atoms with E-state index in [-0.39, 0.29) is 4.90 Å². The Labute approximate surface area is 130 Å². The van der Waals surface area contributed by atoms with Gasteiger partial charge >= 0.3 is 0 Å². The van der Waals surface area contributed by atoms with Crippen LogP contribution in [-0.4, -0.2) is 17.4 Å². The maximum Gasteiger partial charge on any atom is 0.269 e. The van der Waals surface area contributed by atoms with Crippen molar-refractivity contribution < 1.29 is 8.42 Å². The zero-order chi connectivity index (χ0) is 15.9. The molecule has 0 saturated heterocycles. The van der Waals surface area contributed by atoms with Crippen molar-refractivity contribution in [2.75, 3.05) is 0 Å². The lowest BCUT2D eigenvalue weighted by Crippen LogP contribution is -2.12. The van der Waals surface area contributed by atoms with Gasteiger partial charge in [-0.15, -0.1) is 0 Å². The van der Waals surface area contributed by atoms with E-state index in [1.165, 1.54) is 10.3 Å². The highest BCUT2D eigenvalue weighted by atomic mass is 32.2. The molecule has 0 radical (unpaired) electrons. The first kappa shape index (κ1) is 14.8. The highest BCUT2D eigenvalue weighted by Gasteiger charge is 2.19. The van der Waals surface area contributed by atoms with Crippen LogP contribution in [0.25, 0.3) is 11.0 Å². The highest BCUT2D eigenvalue weighted by molar-refractivity contribution is 7.90. The van der Waals surface area contributed by atoms with Gasteiger partial charge < -0.3 is 0 Å². The topological polar surface area (TPSA) is 52.0 Å². The Bertz CT molecular complexity index is 939. The van der Waals surface area contributed by atoms with Crippen molar-refractivity contribution >= 4 is 21.1 Å². The molecule has 0 aliphatic rings. The largest absolute Gasteiger partial charge is 0.269 e. The molecule has 22 heavy (non-hydrogen) atoms. The minimum Gasteiger partial charge on any atom is -0.236 e. The second-order valence-corrected chi connectivity index (χ2v) is 7.28. The summed E-state index contributed by atoms with van der Waals surface area (Å²) in [5.74, 6) is 0. The average molecular weight is 314 g/mol. The van der Waals surface area contributed by atoms with Crippen LogP contribution in [0.4, 0.5) is 0 Å². The molecule has 0 bridgehead atoms. The standard InChI is InChI=1S/C17H18N2O2S/c1-4-14-5-7-15(8-6-14)22(20,21)19-11-18-16-9-12(2)13(3)10-17(16)19/h5-11H,4H2,1-3H3. The number of hydrogen-bond donors (Lipinski definition) is 0. The summed E-state index contributed by atoms with van der Waals surface area (Å²) >= 11 is 0. The number of aryl methyl sites for hydroxylation is 3. The molecule has 0 spiro atoms. The first-order chi connectivity index (χ1) is 10.4. The monoisotopic (exact) mass is 314 g/mol. The second-order valence-electron chi connectivity index (χ2n) is 5.47. The first-order valence-electron chi connectivity index (χ1n) is 7.22. The van der Waals surface area contributed by atoms with E-state index in [1.807, 2.05) is 45.0 Å². The summed E-state index contributed by atoms with van der Waals surface area (Å²) in [5, 5.41) is 0. The minimum absolute atomic E-state index is 0.280. The van der Waals surface area contributed by atoms with Gasteiger partial charge in [-0.05, 0) is 61.2 Å². The third-order valence-corrected chi connectivity index (χ3v) is 5.70. The van der Waals surface area contributed by atoms with Crippen LogP contribution in [0, 0.1) is 13.8 Å². The maximum atomic E-state index is 12.8. The Kier molecular flexibility index (Phi) is 3.53. The summed E-state index contributed by atoms with van der Waals surface area (Å²) in [7, 11) is -3.62. The number of imidazole rings is 1. The fourth-order valence-electron chi connectivity index (χ4n) is 2.44. The lowest BCUT2D eigenvalue weighted by molar-refractivity contribution is 0.588. The fourth-order valence-corrected chi connectivity index (χ4v) is 3.73. The van der Waals surface area contributed by atoms with E-state index in [1.54, 1.807) is 12.1 Å². The first-order valence-corrected chi connectivity index (χ1v) is 8.66. The molecule has 1 heterocycles. The van der Waals surface area contributed by atoms with Crippen molar-refractivity contribution in [2.24, 2.45) is 0 Å². The number of nitrogens with zero attached hydrogens (tertiary/aromatic N) is 2. The van der Waals surface area contributed by atoms with Crippen LogP contribution in [0.5, 0.6) is 0 Å². The predicted molar refractivity (Wildman–Crippen MR) is 87.6 cm³/mol. The van der Waals surface area contributed by atoms with Gasteiger partial charge in [-0.3, -0.25) is 0 Å². The Morgan fingerprint density at radius 3 is 2.32 bits per heavy atom. The van der Waals surface area contributed by atoms with Crippen LogP contribution in [0.3, 0.4) is 0 Å². The zero-order valence-electron chi connectivity index (χ0n) is 12.9. The minimum atomic E-state index is -3.62. The Morgan fingerprint density at radius 1 is 1.05 bits per heavy atom. The molecule has 0 saturated carbocycles. The highest BCUT2D eigenvalue weighted by Crippen LogP contribution is 2.23. The molecule has 2 aromatic carbocycles. The van der Waals surface area contributed by atoms with Crippen molar-refractivity contribution in [1.82, 2.24) is 8.96 Å². The molecule has 3 rings (SSSR count). The summed E-state index contributed by atoms with van der Waals surface area (Å²) in [4.78, 5) is 4.51. The smallest absolute Gasteiger partial charge is 0.236 e. The van der Waals surface area contributed by atoms with Gasteiger partial charge in [-0.25, -0.2) is 17.4 Å². The quantitative estimate of drug-likeness (QED) is 0.744. The molecule has 1 aromatic heterocycles. The molecule has 4 nitrogen and oxygen atoms in total. The van der Waals surface area contributed by atoms with Gasteiger partial charge in [-0.2, -0.15) is 0 Å². The third-order valence-electron chi connectivity index (χ3n) is 4.02. The number of rotatable bonds is 3. The van der Waals surface area contributed by atoms with Crippen LogP contribution in [0.2, 0.25) is 0 Å². The molecule has 3 aromatic rings. The van der Waals surface area contributed by atoms with Crippen molar-refractivity contribution in [3.8, 4) is 0 Å². The van der Waals surface area contributed by atoms with Crippen molar-refractivity contribution in [2.45, 2.75) is 32.1 Å². The zero-order valence-corrected chi connectivity index (χ0v) is 13.7. The number of hydrogen-bond acceptors (Lipinski definition) is 3. The molecule has 5 heteroatoms. The van der Waals surface area contributed by atoms with Gasteiger partial charge in [0.05, 0.1) is 15.9 Å². The molecule has 114 valence electrons. The molecule has 0 aliphatic carbocycles. The second kappa shape index (κ2) is 5.25. The third kappa shape index (κ3) is 2.31. The lowest BCUT2D eigenvalue weighted by atomic mass is 10.1. The van der Waals surface area contributed by atoms with Crippen molar-refractivity contribution in [3.05, 3.63) is 59.4 Å². The van der Waals surface area contributed by atoms with E-state index < -0.39 is 10.0 Å². The van der Waals surface area contributed by atoms with E-state index in [0.717, 1.165) is 23.1 Å². The molecule has 0 aliphatic heterocycles. The number of fused-ring (bicyclic) bond motifs is 1. The van der Waals surface area contributed by atoms with Crippen molar-refractivity contribution in [1.29, 1.82) is 0 Å². The molecular weight excluding hydrogens is 296 g/mol. The van der Waals surface area contributed by atoms with Crippen LogP contribution in [0.15, 0.2) is 47.6 Å². The van der Waals surface area contributed by atoms with Gasteiger partial charge in [0.2, 0.25) is 0 Å². The van der Waals surface area contributed by atoms with E-state index in [0.29, 0.717) is 11.0 Å². The fraction of sp³-hybridized carbons (Fsp3) is 0.235. The summed E-state index contributed by atoms with van der Waals surface area (Å²) in [6, 6.07) is 10.8. The molecule has 0 amide bonds. The Balaban J connectivity index is 2.18.